The number of halogens is 4. The fourth-order valence-electron chi connectivity index (χ4n) is 2.42. The molecule has 0 bridgehead atoms. The Morgan fingerprint density at radius 3 is 1.86 bits per heavy atom. The van der Waals surface area contributed by atoms with Crippen molar-refractivity contribution in [2.45, 2.75) is 6.18 Å². The summed E-state index contributed by atoms with van der Waals surface area (Å²) in [7, 11) is 0. The number of hydrogen-bond acceptors (Lipinski definition) is 2. The number of ketones is 2. The van der Waals surface area contributed by atoms with Crippen LogP contribution in [-0.2, 0) is 6.18 Å². The maximum Gasteiger partial charge on any atom is 0.417 e. The lowest BCUT2D eigenvalue weighted by atomic mass is 9.82. The van der Waals surface area contributed by atoms with E-state index >= 15 is 0 Å². The number of fused-ring (bicyclic) bond motifs is 2. The van der Waals surface area contributed by atoms with E-state index in [9.17, 15) is 22.8 Å². The van der Waals surface area contributed by atoms with Crippen LogP contribution in [-0.4, -0.2) is 11.6 Å². The molecule has 0 amide bonds. The van der Waals surface area contributed by atoms with E-state index in [0.717, 1.165) is 12.1 Å². The highest BCUT2D eigenvalue weighted by atomic mass is 79.9. The van der Waals surface area contributed by atoms with Gasteiger partial charge in [-0.25, -0.2) is 0 Å². The minimum atomic E-state index is -4.70. The minimum absolute atomic E-state index is 0.00130. The third-order valence-corrected chi connectivity index (χ3v) is 3.99. The highest BCUT2D eigenvalue weighted by molar-refractivity contribution is 9.10. The van der Waals surface area contributed by atoms with Crippen molar-refractivity contribution < 1.29 is 22.8 Å². The largest absolute Gasteiger partial charge is 0.417 e. The molecule has 0 fully saturated rings. The third-order valence-electron chi connectivity index (χ3n) is 3.33. The Balaban J connectivity index is 2.40. The van der Waals surface area contributed by atoms with Crippen molar-refractivity contribution in [2.24, 2.45) is 0 Å². The summed E-state index contributed by atoms with van der Waals surface area (Å²) in [6.45, 7) is 0. The van der Waals surface area contributed by atoms with Crippen LogP contribution in [0.1, 0.15) is 37.4 Å². The SMILES string of the molecule is O=C1c2ccccc2C(=O)c2c(C(F)(F)F)ccc(Br)c21. The van der Waals surface area contributed by atoms with Crippen molar-refractivity contribution >= 4 is 27.5 Å². The van der Waals surface area contributed by atoms with Gasteiger partial charge in [-0.3, -0.25) is 9.59 Å². The molecule has 106 valence electrons. The fourth-order valence-corrected chi connectivity index (χ4v) is 2.93. The molecule has 2 nitrogen and oxygen atoms in total. The maximum atomic E-state index is 13.1. The zero-order valence-corrected chi connectivity index (χ0v) is 11.9. The summed E-state index contributed by atoms with van der Waals surface area (Å²) in [4.78, 5) is 24.8. The van der Waals surface area contributed by atoms with Crippen molar-refractivity contribution in [2.75, 3.05) is 0 Å². The summed E-state index contributed by atoms with van der Waals surface area (Å²) in [5.41, 5.74) is -1.78. The summed E-state index contributed by atoms with van der Waals surface area (Å²) in [6.07, 6.45) is -4.70. The van der Waals surface area contributed by atoms with Crippen LogP contribution in [0.2, 0.25) is 0 Å². The van der Waals surface area contributed by atoms with Crippen molar-refractivity contribution in [3.63, 3.8) is 0 Å². The van der Waals surface area contributed by atoms with Crippen LogP contribution in [0.4, 0.5) is 13.2 Å². The molecule has 2 aromatic rings. The second-order valence-corrected chi connectivity index (χ2v) is 5.40. The summed E-state index contributed by atoms with van der Waals surface area (Å²) in [6, 6.07) is 7.82. The van der Waals surface area contributed by atoms with E-state index in [1.165, 1.54) is 18.2 Å². The predicted octanol–water partition coefficient (Wildman–Crippen LogP) is 4.24. The van der Waals surface area contributed by atoms with E-state index in [4.69, 9.17) is 0 Å². The number of carbonyl (C=O) groups is 2. The Labute approximate surface area is 125 Å². The van der Waals surface area contributed by atoms with Crippen LogP contribution >= 0.6 is 15.9 Å². The zero-order valence-electron chi connectivity index (χ0n) is 10.3. The van der Waals surface area contributed by atoms with Gasteiger partial charge in [0.05, 0.1) is 5.56 Å². The second-order valence-electron chi connectivity index (χ2n) is 4.55. The molecule has 0 heterocycles. The van der Waals surface area contributed by atoms with E-state index in [1.807, 2.05) is 0 Å². The van der Waals surface area contributed by atoms with Crippen LogP contribution in [0.15, 0.2) is 40.9 Å². The lowest BCUT2D eigenvalue weighted by Crippen LogP contribution is -2.25. The molecule has 0 atom stereocenters. The van der Waals surface area contributed by atoms with Gasteiger partial charge in [0.2, 0.25) is 0 Å². The average Bonchev–Trinajstić information content (AvgIpc) is 2.43. The third kappa shape index (κ3) is 2.01. The monoisotopic (exact) mass is 354 g/mol. The molecule has 0 aromatic heterocycles. The first kappa shape index (κ1) is 14.0. The molecular weight excluding hydrogens is 349 g/mol. The van der Waals surface area contributed by atoms with Gasteiger partial charge in [0.1, 0.15) is 0 Å². The molecule has 0 radical (unpaired) electrons. The normalized spacial score (nSPS) is 13.9. The lowest BCUT2D eigenvalue weighted by molar-refractivity contribution is -0.137. The maximum absolute atomic E-state index is 13.1. The van der Waals surface area contributed by atoms with Gasteiger partial charge in [-0.15, -0.1) is 0 Å². The molecule has 0 saturated heterocycles. The molecule has 0 N–H and O–H groups in total. The van der Waals surface area contributed by atoms with Gasteiger partial charge in [-0.1, -0.05) is 40.2 Å². The van der Waals surface area contributed by atoms with Crippen LogP contribution in [0.3, 0.4) is 0 Å². The Hall–Kier alpha value is -1.95. The molecule has 21 heavy (non-hydrogen) atoms. The quantitative estimate of drug-likeness (QED) is 0.605. The smallest absolute Gasteiger partial charge is 0.289 e. The van der Waals surface area contributed by atoms with Gasteiger partial charge < -0.3 is 0 Å². The summed E-state index contributed by atoms with van der Waals surface area (Å²) < 4.78 is 39.5. The Bertz CT molecular complexity index is 794. The van der Waals surface area contributed by atoms with E-state index in [0.29, 0.717) is 0 Å². The summed E-state index contributed by atoms with van der Waals surface area (Å²) in [5, 5.41) is 0. The summed E-state index contributed by atoms with van der Waals surface area (Å²) in [5.74, 6) is -1.37. The first-order chi connectivity index (χ1) is 9.82. The van der Waals surface area contributed by atoms with Crippen molar-refractivity contribution in [1.29, 1.82) is 0 Å². The number of benzene rings is 2. The predicted molar refractivity (Wildman–Crippen MR) is 72.5 cm³/mol. The van der Waals surface area contributed by atoms with Gasteiger partial charge in [-0.05, 0) is 12.1 Å². The minimum Gasteiger partial charge on any atom is -0.289 e. The molecule has 0 saturated carbocycles. The Morgan fingerprint density at radius 2 is 1.33 bits per heavy atom. The Kier molecular flexibility index (Phi) is 3.02. The van der Waals surface area contributed by atoms with Crippen molar-refractivity contribution in [3.8, 4) is 0 Å². The van der Waals surface area contributed by atoms with Gasteiger partial charge in [-0.2, -0.15) is 13.2 Å². The second kappa shape index (κ2) is 4.53. The highest BCUT2D eigenvalue weighted by Gasteiger charge is 2.41. The summed E-state index contributed by atoms with van der Waals surface area (Å²) >= 11 is 3.06. The highest BCUT2D eigenvalue weighted by Crippen LogP contribution is 2.40. The van der Waals surface area contributed by atoms with E-state index in [1.54, 1.807) is 6.07 Å². The van der Waals surface area contributed by atoms with Crippen LogP contribution in [0.25, 0.3) is 0 Å². The van der Waals surface area contributed by atoms with Crippen LogP contribution in [0, 0.1) is 0 Å². The molecule has 6 heteroatoms. The molecular formula is C15H6BrF3O2. The first-order valence-electron chi connectivity index (χ1n) is 5.90. The van der Waals surface area contributed by atoms with Crippen molar-refractivity contribution in [3.05, 3.63) is 68.7 Å². The van der Waals surface area contributed by atoms with Crippen LogP contribution < -0.4 is 0 Å². The van der Waals surface area contributed by atoms with Gasteiger partial charge in [0, 0.05) is 26.7 Å². The number of hydrogen-bond donors (Lipinski definition) is 0. The zero-order chi connectivity index (χ0) is 15.4. The van der Waals surface area contributed by atoms with E-state index in [-0.39, 0.29) is 21.2 Å². The van der Waals surface area contributed by atoms with E-state index in [2.05, 4.69) is 15.9 Å². The molecule has 1 aliphatic carbocycles. The Morgan fingerprint density at radius 1 is 0.810 bits per heavy atom. The van der Waals surface area contributed by atoms with Gasteiger partial charge in [0.15, 0.2) is 11.6 Å². The molecule has 2 aromatic carbocycles. The molecule has 0 spiro atoms. The standard InChI is InChI=1S/C15H6BrF3O2/c16-10-6-5-9(15(17,18)19)11-12(10)14(21)8-4-2-1-3-7(8)13(11)20/h1-6H. The van der Waals surface area contributed by atoms with Gasteiger partial charge >= 0.3 is 6.18 Å². The molecule has 0 unspecified atom stereocenters. The van der Waals surface area contributed by atoms with E-state index < -0.39 is 28.9 Å². The fraction of sp³-hybridized carbons (Fsp3) is 0.0667. The molecule has 1 aliphatic rings. The topological polar surface area (TPSA) is 34.1 Å². The number of carbonyl (C=O) groups excluding carboxylic acids is 2. The lowest BCUT2D eigenvalue weighted by Gasteiger charge is -2.22. The number of rotatable bonds is 0. The van der Waals surface area contributed by atoms with Gasteiger partial charge in [0.25, 0.3) is 0 Å². The molecule has 0 aliphatic heterocycles. The average molecular weight is 355 g/mol. The molecule has 3 rings (SSSR count). The van der Waals surface area contributed by atoms with Crippen molar-refractivity contribution in [1.82, 2.24) is 0 Å². The first-order valence-corrected chi connectivity index (χ1v) is 6.70. The van der Waals surface area contributed by atoms with Crippen LogP contribution in [0.5, 0.6) is 0 Å². The number of alkyl halides is 3.